The van der Waals surface area contributed by atoms with E-state index in [-0.39, 0.29) is 33.0 Å². The normalized spacial score (nSPS) is 11.0. The van der Waals surface area contributed by atoms with Gasteiger partial charge < -0.3 is 4.74 Å². The van der Waals surface area contributed by atoms with Crippen LogP contribution >= 0.6 is 0 Å². The van der Waals surface area contributed by atoms with Crippen molar-refractivity contribution >= 4 is 33.2 Å². The van der Waals surface area contributed by atoms with Crippen molar-refractivity contribution in [3.8, 4) is 0 Å². The number of benzene rings is 3. The molecule has 0 atom stereocenters. The molecule has 0 aromatic heterocycles. The van der Waals surface area contributed by atoms with Crippen molar-refractivity contribution in [2.24, 2.45) is 0 Å². The molecule has 3 rings (SSSR count). The predicted octanol–water partition coefficient (Wildman–Crippen LogP) is 3.88. The molecule has 0 aliphatic rings. The summed E-state index contributed by atoms with van der Waals surface area (Å²) >= 11 is 0. The molecule has 0 saturated heterocycles. The van der Waals surface area contributed by atoms with E-state index >= 15 is 0 Å². The summed E-state index contributed by atoms with van der Waals surface area (Å²) in [4.78, 5) is 34.3. The Morgan fingerprint density at radius 1 is 1.00 bits per heavy atom. The Bertz CT molecular complexity index is 1320. The quantitative estimate of drug-likeness (QED) is 0.228. The van der Waals surface area contributed by atoms with Crippen molar-refractivity contribution in [1.29, 1.82) is 0 Å². The fraction of sp³-hybridized carbons (Fsp3) is 0.0909. The van der Waals surface area contributed by atoms with Gasteiger partial charge in [-0.1, -0.05) is 0 Å². The number of esters is 1. The Morgan fingerprint density at radius 2 is 1.61 bits per heavy atom. The number of hydrogen-bond acceptors (Lipinski definition) is 7. The van der Waals surface area contributed by atoms with Crippen molar-refractivity contribution in [2.75, 3.05) is 11.3 Å². The molecular formula is C22H17FN2O7S. The van der Waals surface area contributed by atoms with E-state index < -0.39 is 39.1 Å². The molecule has 33 heavy (non-hydrogen) atoms. The van der Waals surface area contributed by atoms with E-state index in [2.05, 4.69) is 4.72 Å². The highest BCUT2D eigenvalue weighted by Gasteiger charge is 2.18. The fourth-order valence-electron chi connectivity index (χ4n) is 2.87. The smallest absolute Gasteiger partial charge is 0.338 e. The van der Waals surface area contributed by atoms with E-state index in [0.29, 0.717) is 0 Å². The van der Waals surface area contributed by atoms with Crippen LogP contribution in [0.25, 0.3) is 0 Å². The van der Waals surface area contributed by atoms with E-state index in [1.165, 1.54) is 55.5 Å². The minimum Gasteiger partial charge on any atom is -0.454 e. The lowest BCUT2D eigenvalue weighted by Crippen LogP contribution is -2.15. The van der Waals surface area contributed by atoms with Gasteiger partial charge in [0.15, 0.2) is 12.4 Å². The van der Waals surface area contributed by atoms with Gasteiger partial charge in [-0.15, -0.1) is 0 Å². The van der Waals surface area contributed by atoms with Crippen LogP contribution in [0, 0.1) is 22.9 Å². The van der Waals surface area contributed by atoms with Crippen molar-refractivity contribution in [3.63, 3.8) is 0 Å². The number of Topliss-reactive ketones (excluding diaryl/α,β-unsaturated/α-hetero) is 1. The van der Waals surface area contributed by atoms with Crippen LogP contribution in [0.15, 0.2) is 71.6 Å². The minimum atomic E-state index is -3.97. The first-order valence-electron chi connectivity index (χ1n) is 9.40. The molecule has 11 heteroatoms. The van der Waals surface area contributed by atoms with Crippen LogP contribution in [0.1, 0.15) is 26.3 Å². The Kier molecular flexibility index (Phi) is 6.83. The number of nitrogens with one attached hydrogen (secondary N) is 1. The maximum absolute atomic E-state index is 13.2. The summed E-state index contributed by atoms with van der Waals surface area (Å²) in [7, 11) is -3.97. The standard InChI is InChI=1S/C22H17FN2O7S/c1-14-12-17(23)6-11-21(14)33(30,31)24-18-7-2-16(3-8-18)22(27)32-13-20(26)15-4-9-19(10-5-15)25(28)29/h2-12,24H,13H2,1H3. The lowest BCUT2D eigenvalue weighted by atomic mass is 10.1. The summed E-state index contributed by atoms with van der Waals surface area (Å²) in [6.07, 6.45) is 0. The molecule has 0 saturated carbocycles. The van der Waals surface area contributed by atoms with E-state index in [4.69, 9.17) is 4.74 Å². The van der Waals surface area contributed by atoms with Crippen LogP contribution in [-0.4, -0.2) is 31.7 Å². The molecule has 0 spiro atoms. The van der Waals surface area contributed by atoms with Gasteiger partial charge >= 0.3 is 5.97 Å². The highest BCUT2D eigenvalue weighted by molar-refractivity contribution is 7.92. The third-order valence-corrected chi connectivity index (χ3v) is 6.08. The number of carbonyl (C=O) groups excluding carboxylic acids is 2. The third kappa shape index (κ3) is 5.77. The average molecular weight is 472 g/mol. The zero-order valence-electron chi connectivity index (χ0n) is 17.1. The number of rotatable bonds is 8. The summed E-state index contributed by atoms with van der Waals surface area (Å²) in [6.45, 7) is 0.892. The van der Waals surface area contributed by atoms with Gasteiger partial charge in [-0.3, -0.25) is 19.6 Å². The van der Waals surface area contributed by atoms with E-state index in [0.717, 1.165) is 18.2 Å². The van der Waals surface area contributed by atoms with Gasteiger partial charge in [0.05, 0.1) is 15.4 Å². The highest BCUT2D eigenvalue weighted by atomic mass is 32.2. The first-order chi connectivity index (χ1) is 15.6. The van der Waals surface area contributed by atoms with E-state index in [9.17, 15) is 32.5 Å². The van der Waals surface area contributed by atoms with Crippen molar-refractivity contribution < 1.29 is 32.1 Å². The number of ketones is 1. The number of sulfonamides is 1. The summed E-state index contributed by atoms with van der Waals surface area (Å²) in [6, 6.07) is 13.5. The van der Waals surface area contributed by atoms with Crippen molar-refractivity contribution in [3.05, 3.63) is 99.4 Å². The maximum atomic E-state index is 13.2. The number of non-ortho nitro benzene ring substituents is 1. The third-order valence-electron chi connectivity index (χ3n) is 4.53. The van der Waals surface area contributed by atoms with Crippen LogP contribution in [0.2, 0.25) is 0 Å². The molecule has 0 aliphatic carbocycles. The number of anilines is 1. The summed E-state index contributed by atoms with van der Waals surface area (Å²) in [5, 5.41) is 10.7. The largest absolute Gasteiger partial charge is 0.454 e. The molecule has 0 unspecified atom stereocenters. The second-order valence-corrected chi connectivity index (χ2v) is 8.55. The Morgan fingerprint density at radius 3 is 2.18 bits per heavy atom. The van der Waals surface area contributed by atoms with Gasteiger partial charge in [0.1, 0.15) is 5.82 Å². The van der Waals surface area contributed by atoms with E-state index in [1.807, 2.05) is 0 Å². The number of hydrogen-bond donors (Lipinski definition) is 1. The molecular weight excluding hydrogens is 455 g/mol. The molecule has 0 amide bonds. The van der Waals surface area contributed by atoms with Crippen LogP contribution in [0.5, 0.6) is 0 Å². The molecule has 170 valence electrons. The molecule has 0 fully saturated rings. The van der Waals surface area contributed by atoms with Gasteiger partial charge in [0, 0.05) is 23.4 Å². The summed E-state index contributed by atoms with van der Waals surface area (Å²) in [5.41, 5.74) is 0.452. The molecule has 0 radical (unpaired) electrons. The molecule has 0 bridgehead atoms. The second kappa shape index (κ2) is 9.57. The number of nitrogens with zero attached hydrogens (tertiary/aromatic N) is 1. The topological polar surface area (TPSA) is 133 Å². The van der Waals surface area contributed by atoms with Crippen LogP contribution in [-0.2, 0) is 14.8 Å². The molecule has 0 aliphatic heterocycles. The SMILES string of the molecule is Cc1cc(F)ccc1S(=O)(=O)Nc1ccc(C(=O)OCC(=O)c2ccc([N+](=O)[O-])cc2)cc1. The van der Waals surface area contributed by atoms with E-state index in [1.54, 1.807) is 0 Å². The lowest BCUT2D eigenvalue weighted by molar-refractivity contribution is -0.384. The summed E-state index contributed by atoms with van der Waals surface area (Å²) < 4.78 is 45.6. The molecule has 0 heterocycles. The molecule has 3 aromatic rings. The minimum absolute atomic E-state index is 0.0763. The number of ether oxygens (including phenoxy) is 1. The fourth-order valence-corrected chi connectivity index (χ4v) is 4.15. The number of halogens is 1. The second-order valence-electron chi connectivity index (χ2n) is 6.90. The van der Waals surface area contributed by atoms with Gasteiger partial charge in [-0.25, -0.2) is 17.6 Å². The summed E-state index contributed by atoms with van der Waals surface area (Å²) in [5.74, 6) is -1.91. The zero-order valence-corrected chi connectivity index (χ0v) is 18.0. The van der Waals surface area contributed by atoms with Gasteiger partial charge in [0.2, 0.25) is 0 Å². The van der Waals surface area contributed by atoms with Crippen LogP contribution in [0.4, 0.5) is 15.8 Å². The molecule has 9 nitrogen and oxygen atoms in total. The Labute approximate surface area is 188 Å². The molecule has 1 N–H and O–H groups in total. The zero-order chi connectivity index (χ0) is 24.2. The van der Waals surface area contributed by atoms with Crippen LogP contribution < -0.4 is 4.72 Å². The Hall–Kier alpha value is -4.12. The number of aryl methyl sites for hydroxylation is 1. The number of nitro benzene ring substituents is 1. The lowest BCUT2D eigenvalue weighted by Gasteiger charge is -2.11. The van der Waals surface area contributed by atoms with Gasteiger partial charge in [-0.05, 0) is 67.1 Å². The van der Waals surface area contributed by atoms with Gasteiger partial charge in [0.25, 0.3) is 15.7 Å². The first-order valence-corrected chi connectivity index (χ1v) is 10.9. The number of carbonyl (C=O) groups is 2. The first kappa shape index (κ1) is 23.5. The van der Waals surface area contributed by atoms with Crippen molar-refractivity contribution in [2.45, 2.75) is 11.8 Å². The van der Waals surface area contributed by atoms with Crippen LogP contribution in [0.3, 0.4) is 0 Å². The maximum Gasteiger partial charge on any atom is 0.338 e. The van der Waals surface area contributed by atoms with Gasteiger partial charge in [-0.2, -0.15) is 0 Å². The average Bonchev–Trinajstić information content (AvgIpc) is 2.77. The number of nitro groups is 1. The highest BCUT2D eigenvalue weighted by Crippen LogP contribution is 2.21. The predicted molar refractivity (Wildman–Crippen MR) is 116 cm³/mol. The molecule has 3 aromatic carbocycles. The van der Waals surface area contributed by atoms with Crippen molar-refractivity contribution in [1.82, 2.24) is 0 Å². The monoisotopic (exact) mass is 472 g/mol. The Balaban J connectivity index is 1.61.